The summed E-state index contributed by atoms with van der Waals surface area (Å²) in [6.45, 7) is 3.02. The molecule has 5 heteroatoms. The maximum atomic E-state index is 5.81. The summed E-state index contributed by atoms with van der Waals surface area (Å²) in [5, 5.41) is 6.80. The average Bonchev–Trinajstić information content (AvgIpc) is 2.42. The van der Waals surface area contributed by atoms with E-state index in [-0.39, 0.29) is 6.10 Å². The van der Waals surface area contributed by atoms with Gasteiger partial charge < -0.3 is 15.4 Å². The quantitative estimate of drug-likeness (QED) is 0.492. The summed E-state index contributed by atoms with van der Waals surface area (Å²) < 4.78 is 5.72. The Morgan fingerprint density at radius 3 is 2.68 bits per heavy atom. The predicted molar refractivity (Wildman–Crippen MR) is 79.7 cm³/mol. The molecule has 1 rings (SSSR count). The predicted octanol–water partition coefficient (Wildman–Crippen LogP) is 1.91. The molecule has 0 bridgehead atoms. The van der Waals surface area contributed by atoms with Crippen LogP contribution in [0, 0.1) is 12.3 Å². The van der Waals surface area contributed by atoms with Crippen molar-refractivity contribution >= 4 is 17.6 Å². The second kappa shape index (κ2) is 8.28. The van der Waals surface area contributed by atoms with Crippen molar-refractivity contribution in [1.82, 2.24) is 10.6 Å². The zero-order valence-electron chi connectivity index (χ0n) is 11.1. The maximum Gasteiger partial charge on any atom is 0.191 e. The lowest BCUT2D eigenvalue weighted by Crippen LogP contribution is -2.41. The van der Waals surface area contributed by atoms with Gasteiger partial charge in [0.25, 0.3) is 0 Å². The van der Waals surface area contributed by atoms with Crippen molar-refractivity contribution in [2.75, 3.05) is 20.1 Å². The van der Waals surface area contributed by atoms with Gasteiger partial charge in [0, 0.05) is 12.1 Å². The topological polar surface area (TPSA) is 45.7 Å². The molecule has 0 spiro atoms. The van der Waals surface area contributed by atoms with E-state index in [0.29, 0.717) is 24.1 Å². The minimum absolute atomic E-state index is 0.00874. The van der Waals surface area contributed by atoms with E-state index in [1.807, 2.05) is 19.1 Å². The largest absolute Gasteiger partial charge is 0.489 e. The summed E-state index contributed by atoms with van der Waals surface area (Å²) in [6, 6.07) is 7.27. The fraction of sp³-hybridized carbons (Fsp3) is 0.357. The van der Waals surface area contributed by atoms with Gasteiger partial charge in [0.05, 0.1) is 13.1 Å². The summed E-state index contributed by atoms with van der Waals surface area (Å²) >= 11 is 5.81. The van der Waals surface area contributed by atoms with Gasteiger partial charge in [-0.15, -0.1) is 6.42 Å². The van der Waals surface area contributed by atoms with Gasteiger partial charge in [-0.3, -0.25) is 4.99 Å². The van der Waals surface area contributed by atoms with Crippen LogP contribution in [0.15, 0.2) is 29.3 Å². The summed E-state index contributed by atoms with van der Waals surface area (Å²) in [6.07, 6.45) is 5.16. The van der Waals surface area contributed by atoms with Crippen molar-refractivity contribution in [1.29, 1.82) is 0 Å². The van der Waals surface area contributed by atoms with Gasteiger partial charge >= 0.3 is 0 Å². The highest BCUT2D eigenvalue weighted by atomic mass is 35.5. The molecule has 19 heavy (non-hydrogen) atoms. The van der Waals surface area contributed by atoms with Crippen LogP contribution in [-0.4, -0.2) is 32.2 Å². The third-order valence-corrected chi connectivity index (χ3v) is 2.54. The van der Waals surface area contributed by atoms with Gasteiger partial charge in [0.15, 0.2) is 5.96 Å². The number of rotatable bonds is 5. The van der Waals surface area contributed by atoms with Gasteiger partial charge in [-0.1, -0.05) is 17.5 Å². The zero-order valence-corrected chi connectivity index (χ0v) is 11.9. The van der Waals surface area contributed by atoms with Crippen LogP contribution in [-0.2, 0) is 0 Å². The first-order valence-corrected chi connectivity index (χ1v) is 6.33. The van der Waals surface area contributed by atoms with Gasteiger partial charge in [0.1, 0.15) is 11.9 Å². The van der Waals surface area contributed by atoms with E-state index < -0.39 is 0 Å². The Bertz CT molecular complexity index is 451. The molecule has 0 aliphatic carbocycles. The van der Waals surface area contributed by atoms with E-state index in [1.54, 1.807) is 19.2 Å². The normalized spacial score (nSPS) is 12.4. The minimum Gasteiger partial charge on any atom is -0.489 e. The van der Waals surface area contributed by atoms with Crippen molar-refractivity contribution in [2.24, 2.45) is 4.99 Å². The first kappa shape index (κ1) is 15.2. The molecule has 1 aromatic rings. The Labute approximate surface area is 119 Å². The average molecular weight is 280 g/mol. The highest BCUT2D eigenvalue weighted by molar-refractivity contribution is 6.30. The molecular formula is C14H18ClN3O. The lowest BCUT2D eigenvalue weighted by atomic mass is 10.3. The number of benzene rings is 1. The maximum absolute atomic E-state index is 5.81. The molecule has 4 nitrogen and oxygen atoms in total. The molecule has 102 valence electrons. The van der Waals surface area contributed by atoms with Crippen molar-refractivity contribution in [3.8, 4) is 18.1 Å². The monoisotopic (exact) mass is 279 g/mol. The minimum atomic E-state index is -0.00874. The van der Waals surface area contributed by atoms with Gasteiger partial charge in [0.2, 0.25) is 0 Å². The van der Waals surface area contributed by atoms with E-state index in [2.05, 4.69) is 21.5 Å². The van der Waals surface area contributed by atoms with Gasteiger partial charge in [-0.05, 0) is 31.2 Å². The number of hydrogen-bond acceptors (Lipinski definition) is 2. The van der Waals surface area contributed by atoms with E-state index in [9.17, 15) is 0 Å². The Kier molecular flexibility index (Phi) is 6.62. The molecule has 2 N–H and O–H groups in total. The lowest BCUT2D eigenvalue weighted by Gasteiger charge is -2.17. The third kappa shape index (κ3) is 6.03. The molecule has 1 atom stereocenters. The number of nitrogens with one attached hydrogen (secondary N) is 2. The Morgan fingerprint density at radius 1 is 1.42 bits per heavy atom. The molecule has 0 saturated heterocycles. The molecule has 0 heterocycles. The second-order valence-electron chi connectivity index (χ2n) is 3.89. The Morgan fingerprint density at radius 2 is 2.11 bits per heavy atom. The first-order valence-electron chi connectivity index (χ1n) is 5.96. The molecule has 0 aliphatic rings. The van der Waals surface area contributed by atoms with E-state index >= 15 is 0 Å². The highest BCUT2D eigenvalue weighted by Gasteiger charge is 2.05. The SMILES string of the molecule is C#CCNC(=NC)NCC(C)Oc1ccc(Cl)cc1. The number of terminal acetylenes is 1. The van der Waals surface area contributed by atoms with Crippen molar-refractivity contribution in [2.45, 2.75) is 13.0 Å². The molecule has 0 radical (unpaired) electrons. The molecular weight excluding hydrogens is 262 g/mol. The fourth-order valence-electron chi connectivity index (χ4n) is 1.38. The lowest BCUT2D eigenvalue weighted by molar-refractivity contribution is 0.224. The summed E-state index contributed by atoms with van der Waals surface area (Å²) in [5.41, 5.74) is 0. The second-order valence-corrected chi connectivity index (χ2v) is 4.33. The van der Waals surface area contributed by atoms with Crippen LogP contribution in [0.4, 0.5) is 0 Å². The van der Waals surface area contributed by atoms with Gasteiger partial charge in [-0.2, -0.15) is 0 Å². The van der Waals surface area contributed by atoms with Gasteiger partial charge in [-0.25, -0.2) is 0 Å². The Balaban J connectivity index is 2.37. The summed E-state index contributed by atoms with van der Waals surface area (Å²) in [4.78, 5) is 4.04. The van der Waals surface area contributed by atoms with E-state index in [1.165, 1.54) is 0 Å². The van der Waals surface area contributed by atoms with Crippen molar-refractivity contribution in [3.63, 3.8) is 0 Å². The molecule has 0 saturated carbocycles. The number of ether oxygens (including phenoxy) is 1. The zero-order chi connectivity index (χ0) is 14.1. The number of halogens is 1. The van der Waals surface area contributed by atoms with Crippen LogP contribution >= 0.6 is 11.6 Å². The molecule has 0 amide bonds. The molecule has 1 aromatic carbocycles. The molecule has 1 unspecified atom stereocenters. The third-order valence-electron chi connectivity index (χ3n) is 2.29. The van der Waals surface area contributed by atoms with Crippen LogP contribution in [0.3, 0.4) is 0 Å². The number of hydrogen-bond donors (Lipinski definition) is 2. The number of guanidine groups is 1. The first-order chi connectivity index (χ1) is 9.15. The number of aliphatic imine (C=N–C) groups is 1. The molecule has 0 aromatic heterocycles. The summed E-state index contributed by atoms with van der Waals surface area (Å²) in [7, 11) is 1.69. The highest BCUT2D eigenvalue weighted by Crippen LogP contribution is 2.16. The van der Waals surface area contributed by atoms with Crippen LogP contribution < -0.4 is 15.4 Å². The van der Waals surface area contributed by atoms with Crippen LogP contribution in [0.25, 0.3) is 0 Å². The summed E-state index contributed by atoms with van der Waals surface area (Å²) in [5.74, 6) is 3.93. The van der Waals surface area contributed by atoms with E-state index in [4.69, 9.17) is 22.8 Å². The molecule has 0 aliphatic heterocycles. The van der Waals surface area contributed by atoms with Crippen LogP contribution in [0.2, 0.25) is 5.02 Å². The number of nitrogens with zero attached hydrogens (tertiary/aromatic N) is 1. The standard InChI is InChI=1S/C14H18ClN3O/c1-4-9-17-14(16-3)18-10-11(2)19-13-7-5-12(15)6-8-13/h1,5-8,11H,9-10H2,2-3H3,(H2,16,17,18). The van der Waals surface area contributed by atoms with Crippen LogP contribution in [0.5, 0.6) is 5.75 Å². The van der Waals surface area contributed by atoms with Crippen molar-refractivity contribution in [3.05, 3.63) is 29.3 Å². The van der Waals surface area contributed by atoms with Crippen molar-refractivity contribution < 1.29 is 4.74 Å². The Hall–Kier alpha value is -1.86. The molecule has 0 fully saturated rings. The van der Waals surface area contributed by atoms with Crippen LogP contribution in [0.1, 0.15) is 6.92 Å². The fourth-order valence-corrected chi connectivity index (χ4v) is 1.51. The smallest absolute Gasteiger partial charge is 0.191 e. The van der Waals surface area contributed by atoms with E-state index in [0.717, 1.165) is 5.75 Å².